The van der Waals surface area contributed by atoms with Crippen LogP contribution >= 0.6 is 0 Å². The van der Waals surface area contributed by atoms with Gasteiger partial charge in [-0.05, 0) is 37.1 Å². The highest BCUT2D eigenvalue weighted by atomic mass is 32.2. The monoisotopic (exact) mass is 404 g/mol. The Morgan fingerprint density at radius 2 is 1.68 bits per heavy atom. The molecule has 2 aromatic rings. The first kappa shape index (κ1) is 21.8. The van der Waals surface area contributed by atoms with E-state index in [-0.39, 0.29) is 17.3 Å². The topological polar surface area (TPSA) is 82.6 Å². The third-order valence-electron chi connectivity index (χ3n) is 4.58. The fourth-order valence-corrected chi connectivity index (χ4v) is 4.35. The molecule has 0 saturated heterocycles. The van der Waals surface area contributed by atoms with Gasteiger partial charge in [0.2, 0.25) is 15.9 Å². The largest absolute Gasteiger partial charge is 0.350 e. The maximum Gasteiger partial charge on any atom is 0.244 e. The molecule has 1 N–H and O–H groups in total. The number of rotatable bonds is 8. The molecule has 0 bridgehead atoms. The summed E-state index contributed by atoms with van der Waals surface area (Å²) in [6.45, 7) is 8.39. The number of amides is 1. The summed E-state index contributed by atoms with van der Waals surface area (Å²) < 4.78 is 26.4. The highest BCUT2D eigenvalue weighted by molar-refractivity contribution is 7.89. The molecule has 1 heterocycles. The van der Waals surface area contributed by atoms with Gasteiger partial charge in [-0.15, -0.1) is 0 Å². The van der Waals surface area contributed by atoms with Crippen LogP contribution in [0.15, 0.2) is 41.4 Å². The molecule has 0 spiro atoms. The molecule has 0 atom stereocenters. The number of sulfonamides is 1. The van der Waals surface area contributed by atoms with E-state index in [1.807, 2.05) is 32.0 Å². The number of likely N-dealkylation sites (N-methyl/N-ethyl adjacent to an activating group) is 1. The van der Waals surface area contributed by atoms with Crippen LogP contribution in [-0.4, -0.2) is 50.3 Å². The van der Waals surface area contributed by atoms with Crippen molar-refractivity contribution in [3.8, 4) is 0 Å². The molecule has 0 aliphatic heterocycles. The van der Waals surface area contributed by atoms with E-state index in [4.69, 9.17) is 0 Å². The zero-order chi connectivity index (χ0) is 20.9. The van der Waals surface area contributed by atoms with Gasteiger partial charge in [0.1, 0.15) is 10.7 Å². The second kappa shape index (κ2) is 9.16. The standard InChI is InChI=1S/C20H28N4O3S/c1-6-24(7-2)28(26,27)17-11-12-18(21-13-17)23(5)14-19(25)22-20-15(3)9-8-10-16(20)4/h8-13H,6-7,14H2,1-5H3,(H,22,25). The summed E-state index contributed by atoms with van der Waals surface area (Å²) in [6.07, 6.45) is 1.34. The highest BCUT2D eigenvalue weighted by Crippen LogP contribution is 2.20. The van der Waals surface area contributed by atoms with E-state index in [0.717, 1.165) is 16.8 Å². The Morgan fingerprint density at radius 1 is 1.07 bits per heavy atom. The summed E-state index contributed by atoms with van der Waals surface area (Å²) in [4.78, 5) is 18.5. The molecule has 0 aliphatic rings. The van der Waals surface area contributed by atoms with Crippen molar-refractivity contribution in [1.29, 1.82) is 0 Å². The van der Waals surface area contributed by atoms with Crippen LogP contribution in [0.5, 0.6) is 0 Å². The van der Waals surface area contributed by atoms with E-state index in [9.17, 15) is 13.2 Å². The second-order valence-corrected chi connectivity index (χ2v) is 8.55. The third-order valence-corrected chi connectivity index (χ3v) is 6.61. The van der Waals surface area contributed by atoms with E-state index >= 15 is 0 Å². The molecule has 8 heteroatoms. The Morgan fingerprint density at radius 3 is 2.18 bits per heavy atom. The zero-order valence-corrected chi connectivity index (χ0v) is 17.9. The Labute approximate surface area is 167 Å². The minimum absolute atomic E-state index is 0.100. The Kier molecular flexibility index (Phi) is 7.15. The number of benzene rings is 1. The number of aryl methyl sites for hydroxylation is 2. The van der Waals surface area contributed by atoms with Crippen LogP contribution in [0.3, 0.4) is 0 Å². The molecule has 28 heavy (non-hydrogen) atoms. The molecule has 0 saturated carbocycles. The number of para-hydroxylation sites is 1. The summed E-state index contributed by atoms with van der Waals surface area (Å²) in [5.74, 6) is 0.358. The smallest absolute Gasteiger partial charge is 0.244 e. The van der Waals surface area contributed by atoms with Crippen LogP contribution in [0.4, 0.5) is 11.5 Å². The average molecular weight is 405 g/mol. The van der Waals surface area contributed by atoms with E-state index in [1.54, 1.807) is 31.9 Å². The molecule has 0 unspecified atom stereocenters. The Hall–Kier alpha value is -2.45. The molecule has 0 fully saturated rings. The molecule has 1 amide bonds. The van der Waals surface area contributed by atoms with E-state index in [0.29, 0.717) is 18.9 Å². The van der Waals surface area contributed by atoms with Crippen molar-refractivity contribution in [2.45, 2.75) is 32.6 Å². The fourth-order valence-electron chi connectivity index (χ4n) is 2.95. The number of hydrogen-bond donors (Lipinski definition) is 1. The van der Waals surface area contributed by atoms with Crippen LogP contribution in [-0.2, 0) is 14.8 Å². The molecular formula is C20H28N4O3S. The van der Waals surface area contributed by atoms with Crippen LogP contribution in [0.2, 0.25) is 0 Å². The van der Waals surface area contributed by atoms with Gasteiger partial charge in [0.25, 0.3) is 0 Å². The van der Waals surface area contributed by atoms with Gasteiger partial charge in [-0.25, -0.2) is 13.4 Å². The predicted molar refractivity (Wildman–Crippen MR) is 112 cm³/mol. The number of nitrogens with one attached hydrogen (secondary N) is 1. The van der Waals surface area contributed by atoms with Crippen LogP contribution < -0.4 is 10.2 Å². The van der Waals surface area contributed by atoms with E-state index in [1.165, 1.54) is 16.6 Å². The minimum atomic E-state index is -3.54. The van der Waals surface area contributed by atoms with Crippen molar-refractivity contribution in [3.63, 3.8) is 0 Å². The van der Waals surface area contributed by atoms with Gasteiger partial charge in [-0.3, -0.25) is 4.79 Å². The average Bonchev–Trinajstić information content (AvgIpc) is 2.65. The lowest BCUT2D eigenvalue weighted by atomic mass is 10.1. The molecule has 1 aromatic heterocycles. The SMILES string of the molecule is CCN(CC)S(=O)(=O)c1ccc(N(C)CC(=O)Nc2c(C)cccc2C)nc1. The number of carbonyl (C=O) groups is 1. The summed E-state index contributed by atoms with van der Waals surface area (Å²) in [5.41, 5.74) is 2.81. The van der Waals surface area contributed by atoms with Crippen LogP contribution in [0.25, 0.3) is 0 Å². The number of nitrogens with zero attached hydrogens (tertiary/aromatic N) is 3. The van der Waals surface area contributed by atoms with E-state index in [2.05, 4.69) is 10.3 Å². The molecule has 0 radical (unpaired) electrons. The van der Waals surface area contributed by atoms with Crippen molar-refractivity contribution in [2.75, 3.05) is 36.9 Å². The number of pyridine rings is 1. The molecule has 1 aromatic carbocycles. The van der Waals surface area contributed by atoms with Gasteiger partial charge < -0.3 is 10.2 Å². The van der Waals surface area contributed by atoms with Crippen molar-refractivity contribution in [2.24, 2.45) is 0 Å². The fraction of sp³-hybridized carbons (Fsp3) is 0.400. The van der Waals surface area contributed by atoms with Crippen LogP contribution in [0, 0.1) is 13.8 Å². The number of carbonyl (C=O) groups excluding carboxylic acids is 1. The van der Waals surface area contributed by atoms with Gasteiger partial charge in [0.05, 0.1) is 6.54 Å². The predicted octanol–water partition coefficient (Wildman–Crippen LogP) is 2.80. The summed E-state index contributed by atoms with van der Waals surface area (Å²) in [7, 11) is -1.80. The van der Waals surface area contributed by atoms with Crippen molar-refractivity contribution < 1.29 is 13.2 Å². The third kappa shape index (κ3) is 4.88. The van der Waals surface area contributed by atoms with Gasteiger partial charge in [-0.1, -0.05) is 32.0 Å². The van der Waals surface area contributed by atoms with Gasteiger partial charge in [-0.2, -0.15) is 4.31 Å². The lowest BCUT2D eigenvalue weighted by Gasteiger charge is -2.20. The second-order valence-electron chi connectivity index (χ2n) is 6.61. The van der Waals surface area contributed by atoms with E-state index < -0.39 is 10.0 Å². The zero-order valence-electron chi connectivity index (χ0n) is 17.1. The first-order chi connectivity index (χ1) is 13.2. The van der Waals surface area contributed by atoms with Crippen LogP contribution in [0.1, 0.15) is 25.0 Å². The molecule has 2 rings (SSSR count). The quantitative estimate of drug-likeness (QED) is 0.732. The highest BCUT2D eigenvalue weighted by Gasteiger charge is 2.22. The maximum absolute atomic E-state index is 12.5. The van der Waals surface area contributed by atoms with Gasteiger partial charge in [0.15, 0.2) is 0 Å². The van der Waals surface area contributed by atoms with Crippen molar-refractivity contribution >= 4 is 27.4 Å². The Balaban J connectivity index is 2.09. The summed E-state index contributed by atoms with van der Waals surface area (Å²) >= 11 is 0. The van der Waals surface area contributed by atoms with Crippen molar-refractivity contribution in [3.05, 3.63) is 47.7 Å². The molecule has 7 nitrogen and oxygen atoms in total. The van der Waals surface area contributed by atoms with Gasteiger partial charge >= 0.3 is 0 Å². The number of hydrogen-bond acceptors (Lipinski definition) is 5. The molecular weight excluding hydrogens is 376 g/mol. The summed E-state index contributed by atoms with van der Waals surface area (Å²) in [5, 5.41) is 2.93. The minimum Gasteiger partial charge on any atom is -0.350 e. The first-order valence-corrected chi connectivity index (χ1v) is 10.7. The molecule has 152 valence electrons. The Bertz CT molecular complexity index is 903. The normalized spacial score (nSPS) is 11.5. The van der Waals surface area contributed by atoms with Gasteiger partial charge in [0, 0.05) is 32.0 Å². The maximum atomic E-state index is 12.5. The first-order valence-electron chi connectivity index (χ1n) is 9.24. The summed E-state index contributed by atoms with van der Waals surface area (Å²) in [6, 6.07) is 8.98. The van der Waals surface area contributed by atoms with Crippen molar-refractivity contribution in [1.82, 2.24) is 9.29 Å². The number of aromatic nitrogens is 1. The lowest BCUT2D eigenvalue weighted by molar-refractivity contribution is -0.114. The molecule has 0 aliphatic carbocycles. The number of anilines is 2. The lowest BCUT2D eigenvalue weighted by Crippen LogP contribution is -2.32.